The van der Waals surface area contributed by atoms with E-state index < -0.39 is 5.41 Å². The first-order valence-corrected chi connectivity index (χ1v) is 10.2. The second-order valence-corrected chi connectivity index (χ2v) is 7.89. The lowest BCUT2D eigenvalue weighted by Gasteiger charge is -2.49. The van der Waals surface area contributed by atoms with Crippen molar-refractivity contribution in [3.8, 4) is 0 Å². The van der Waals surface area contributed by atoms with E-state index >= 15 is 0 Å². The van der Waals surface area contributed by atoms with Crippen LogP contribution in [-0.2, 0) is 18.3 Å². The van der Waals surface area contributed by atoms with Gasteiger partial charge in [-0.2, -0.15) is 10.1 Å². The standard InChI is InChI=1S/C22H27N7O/c1-3-17(18-9-12-25-28(18)2)26-20(30)22(13-16-7-5-4-6-8-16)14-29(15-22)21-24-11-10-19(23)27-21/h4-12,17H,3,13-15H2,1-2H3,(H,26,30)(H2,23,24,27). The average Bonchev–Trinajstić information content (AvgIpc) is 3.15. The van der Waals surface area contributed by atoms with Crippen molar-refractivity contribution in [2.24, 2.45) is 12.5 Å². The lowest BCUT2D eigenvalue weighted by atomic mass is 9.73. The molecule has 30 heavy (non-hydrogen) atoms. The fourth-order valence-corrected chi connectivity index (χ4v) is 4.08. The number of nitrogen functional groups attached to an aromatic ring is 1. The molecule has 4 rings (SSSR count). The van der Waals surface area contributed by atoms with Crippen LogP contribution in [0.2, 0.25) is 0 Å². The minimum Gasteiger partial charge on any atom is -0.384 e. The van der Waals surface area contributed by atoms with Gasteiger partial charge < -0.3 is 16.0 Å². The molecule has 0 saturated carbocycles. The number of benzene rings is 1. The largest absolute Gasteiger partial charge is 0.384 e. The third-order valence-corrected chi connectivity index (χ3v) is 5.73. The Balaban J connectivity index is 1.56. The Morgan fingerprint density at radius 3 is 2.60 bits per heavy atom. The van der Waals surface area contributed by atoms with Crippen LogP contribution in [-0.4, -0.2) is 38.7 Å². The van der Waals surface area contributed by atoms with Crippen molar-refractivity contribution < 1.29 is 4.79 Å². The second-order valence-electron chi connectivity index (χ2n) is 7.89. The molecule has 3 aromatic rings. The van der Waals surface area contributed by atoms with Crippen LogP contribution >= 0.6 is 0 Å². The maximum atomic E-state index is 13.5. The van der Waals surface area contributed by atoms with E-state index in [1.165, 1.54) is 0 Å². The fraction of sp³-hybridized carbons (Fsp3) is 0.364. The number of carbonyl (C=O) groups excluding carboxylic acids is 1. The van der Waals surface area contributed by atoms with Crippen molar-refractivity contribution in [1.29, 1.82) is 0 Å². The molecule has 0 bridgehead atoms. The zero-order valence-corrected chi connectivity index (χ0v) is 17.3. The second kappa shape index (κ2) is 8.14. The van der Waals surface area contributed by atoms with Gasteiger partial charge in [0.1, 0.15) is 5.82 Å². The van der Waals surface area contributed by atoms with Crippen LogP contribution in [0.5, 0.6) is 0 Å². The Labute approximate surface area is 176 Å². The summed E-state index contributed by atoms with van der Waals surface area (Å²) in [6.07, 6.45) is 4.84. The predicted molar refractivity (Wildman–Crippen MR) is 116 cm³/mol. The first-order chi connectivity index (χ1) is 14.5. The topological polar surface area (TPSA) is 102 Å². The summed E-state index contributed by atoms with van der Waals surface area (Å²) in [4.78, 5) is 24.2. The highest BCUT2D eigenvalue weighted by molar-refractivity contribution is 5.86. The van der Waals surface area contributed by atoms with Gasteiger partial charge in [-0.1, -0.05) is 37.3 Å². The molecule has 3 N–H and O–H groups in total. The molecule has 1 saturated heterocycles. The number of aromatic nitrogens is 4. The number of nitrogens with zero attached hydrogens (tertiary/aromatic N) is 5. The van der Waals surface area contributed by atoms with Crippen LogP contribution in [0.4, 0.5) is 11.8 Å². The smallest absolute Gasteiger partial charge is 0.230 e. The van der Waals surface area contributed by atoms with Gasteiger partial charge in [-0.25, -0.2) is 4.98 Å². The number of rotatable bonds is 7. The summed E-state index contributed by atoms with van der Waals surface area (Å²) < 4.78 is 1.81. The highest BCUT2D eigenvalue weighted by Crippen LogP contribution is 2.37. The molecule has 0 radical (unpaired) electrons. The Morgan fingerprint density at radius 1 is 1.20 bits per heavy atom. The molecule has 8 heteroatoms. The minimum absolute atomic E-state index is 0.0413. The van der Waals surface area contributed by atoms with Gasteiger partial charge in [0.2, 0.25) is 11.9 Å². The molecule has 8 nitrogen and oxygen atoms in total. The van der Waals surface area contributed by atoms with E-state index in [0.717, 1.165) is 17.7 Å². The van der Waals surface area contributed by atoms with Crippen LogP contribution in [0, 0.1) is 5.41 Å². The molecular formula is C22H27N7O. The van der Waals surface area contributed by atoms with Gasteiger partial charge in [-0.15, -0.1) is 0 Å². The maximum Gasteiger partial charge on any atom is 0.230 e. The first-order valence-electron chi connectivity index (χ1n) is 10.2. The maximum absolute atomic E-state index is 13.5. The van der Waals surface area contributed by atoms with Crippen molar-refractivity contribution in [3.05, 3.63) is 66.1 Å². The number of aryl methyl sites for hydroxylation is 1. The molecule has 0 aliphatic carbocycles. The molecule has 1 aliphatic heterocycles. The lowest BCUT2D eigenvalue weighted by molar-refractivity contribution is -0.133. The van der Waals surface area contributed by atoms with Crippen LogP contribution < -0.4 is 16.0 Å². The Bertz CT molecular complexity index is 1010. The van der Waals surface area contributed by atoms with Gasteiger partial charge in [0.15, 0.2) is 0 Å². The first kappa shape index (κ1) is 19.9. The Kier molecular flexibility index (Phi) is 5.39. The van der Waals surface area contributed by atoms with Gasteiger partial charge in [-0.3, -0.25) is 9.48 Å². The molecule has 1 aliphatic rings. The van der Waals surface area contributed by atoms with E-state index in [4.69, 9.17) is 5.73 Å². The van der Waals surface area contributed by atoms with E-state index in [1.54, 1.807) is 18.5 Å². The summed E-state index contributed by atoms with van der Waals surface area (Å²) in [5, 5.41) is 7.51. The summed E-state index contributed by atoms with van der Waals surface area (Å²) in [7, 11) is 1.89. The van der Waals surface area contributed by atoms with Crippen LogP contribution in [0.15, 0.2) is 54.9 Å². The molecule has 0 spiro atoms. The summed E-state index contributed by atoms with van der Waals surface area (Å²) in [6.45, 7) is 3.15. The van der Waals surface area contributed by atoms with Crippen molar-refractivity contribution in [2.45, 2.75) is 25.8 Å². The van der Waals surface area contributed by atoms with Crippen LogP contribution in [0.3, 0.4) is 0 Å². The Hall–Kier alpha value is -3.42. The zero-order valence-electron chi connectivity index (χ0n) is 17.3. The number of hydrogen-bond acceptors (Lipinski definition) is 6. The number of nitrogens with two attached hydrogens (primary N) is 1. The lowest BCUT2D eigenvalue weighted by Crippen LogP contribution is -2.65. The highest BCUT2D eigenvalue weighted by Gasteiger charge is 2.50. The van der Waals surface area contributed by atoms with Gasteiger partial charge >= 0.3 is 0 Å². The molecule has 1 unspecified atom stereocenters. The molecule has 1 amide bonds. The molecule has 1 aromatic carbocycles. The summed E-state index contributed by atoms with van der Waals surface area (Å²) in [5.74, 6) is 1.02. The zero-order chi connectivity index (χ0) is 21.1. The summed E-state index contributed by atoms with van der Waals surface area (Å²) >= 11 is 0. The molecule has 1 fully saturated rings. The van der Waals surface area contributed by atoms with E-state index in [-0.39, 0.29) is 11.9 Å². The SMILES string of the molecule is CCC(NC(=O)C1(Cc2ccccc2)CN(c2nccc(N)n2)C1)c1ccnn1C. The normalized spacial score (nSPS) is 16.0. The van der Waals surface area contributed by atoms with Crippen molar-refractivity contribution >= 4 is 17.7 Å². The number of carbonyl (C=O) groups is 1. The number of anilines is 2. The number of hydrogen-bond donors (Lipinski definition) is 2. The van der Waals surface area contributed by atoms with E-state index in [2.05, 4.69) is 39.4 Å². The van der Waals surface area contributed by atoms with Crippen molar-refractivity contribution in [1.82, 2.24) is 25.1 Å². The molecule has 2 aromatic heterocycles. The number of amides is 1. The molecule has 156 valence electrons. The summed E-state index contributed by atoms with van der Waals surface area (Å²) in [5.41, 5.74) is 7.39. The quantitative estimate of drug-likeness (QED) is 0.624. The average molecular weight is 406 g/mol. The monoisotopic (exact) mass is 405 g/mol. The molecule has 1 atom stereocenters. The molecular weight excluding hydrogens is 378 g/mol. The summed E-state index contributed by atoms with van der Waals surface area (Å²) in [6, 6.07) is 13.6. The van der Waals surface area contributed by atoms with Crippen LogP contribution in [0.1, 0.15) is 30.6 Å². The van der Waals surface area contributed by atoms with E-state index in [0.29, 0.717) is 31.3 Å². The fourth-order valence-electron chi connectivity index (χ4n) is 4.08. The molecule has 3 heterocycles. The van der Waals surface area contributed by atoms with Crippen molar-refractivity contribution in [3.63, 3.8) is 0 Å². The predicted octanol–water partition coefficient (Wildman–Crippen LogP) is 2.11. The van der Waals surface area contributed by atoms with E-state index in [1.807, 2.05) is 40.9 Å². The van der Waals surface area contributed by atoms with Crippen molar-refractivity contribution in [2.75, 3.05) is 23.7 Å². The van der Waals surface area contributed by atoms with E-state index in [9.17, 15) is 4.79 Å². The van der Waals surface area contributed by atoms with Gasteiger partial charge in [-0.05, 0) is 30.5 Å². The third kappa shape index (κ3) is 3.85. The van der Waals surface area contributed by atoms with Crippen LogP contribution in [0.25, 0.3) is 0 Å². The van der Waals surface area contributed by atoms with Gasteiger partial charge in [0.25, 0.3) is 0 Å². The van der Waals surface area contributed by atoms with Gasteiger partial charge in [0.05, 0.1) is 17.2 Å². The minimum atomic E-state index is -0.554. The van der Waals surface area contributed by atoms with Gasteiger partial charge in [0, 0.05) is 32.5 Å². The highest BCUT2D eigenvalue weighted by atomic mass is 16.2. The third-order valence-electron chi connectivity index (χ3n) is 5.73. The Morgan fingerprint density at radius 2 is 1.97 bits per heavy atom. The number of nitrogens with one attached hydrogen (secondary N) is 1.